The quantitative estimate of drug-likeness (QED) is 0.388. The van der Waals surface area contributed by atoms with Crippen LogP contribution >= 0.6 is 0 Å². The van der Waals surface area contributed by atoms with Crippen LogP contribution in [-0.4, -0.2) is 114 Å². The highest BCUT2D eigenvalue weighted by Crippen LogP contribution is 2.40. The molecule has 1 N–H and O–H groups in total. The van der Waals surface area contributed by atoms with Crippen molar-refractivity contribution < 1.29 is 45.4 Å². The Morgan fingerprint density at radius 1 is 1.00 bits per heavy atom. The third-order valence-corrected chi connectivity index (χ3v) is 12.3. The summed E-state index contributed by atoms with van der Waals surface area (Å²) in [4.78, 5) is 29.6. The van der Waals surface area contributed by atoms with Gasteiger partial charge < -0.3 is 19.2 Å². The molecule has 1 aliphatic carbocycles. The number of aliphatic carboxylic acids is 1. The van der Waals surface area contributed by atoms with Crippen molar-refractivity contribution in [3.05, 3.63) is 46.9 Å². The molecule has 3 fully saturated rings. The summed E-state index contributed by atoms with van der Waals surface area (Å²) in [5, 5.41) is 7.12. The van der Waals surface area contributed by atoms with Gasteiger partial charge in [-0.25, -0.2) is 13.2 Å². The van der Waals surface area contributed by atoms with Crippen LogP contribution in [0.25, 0.3) is 0 Å². The highest BCUT2D eigenvalue weighted by Gasteiger charge is 2.45. The lowest BCUT2D eigenvalue weighted by atomic mass is 9.77. The number of carbonyl (C=O) groups excluding carboxylic acids is 1. The number of methoxy groups -OCH3 is 1. The first-order valence-corrected chi connectivity index (χ1v) is 17.8. The van der Waals surface area contributed by atoms with Gasteiger partial charge >= 0.3 is 12.1 Å². The Morgan fingerprint density at radius 2 is 1.51 bits per heavy atom. The first-order valence-electron chi connectivity index (χ1n) is 16.4. The van der Waals surface area contributed by atoms with Crippen LogP contribution in [0.4, 0.5) is 13.2 Å². The van der Waals surface area contributed by atoms with E-state index in [9.17, 15) is 26.4 Å². The van der Waals surface area contributed by atoms with Gasteiger partial charge in [0.15, 0.2) is 0 Å². The van der Waals surface area contributed by atoms with E-state index in [0.29, 0.717) is 52.2 Å². The second-order valence-electron chi connectivity index (χ2n) is 14.6. The van der Waals surface area contributed by atoms with E-state index in [1.165, 1.54) is 10.6 Å². The Labute approximate surface area is 287 Å². The fraction of sp³-hybridized carbons (Fsp3) is 0.647. The van der Waals surface area contributed by atoms with Crippen molar-refractivity contribution in [2.45, 2.75) is 108 Å². The summed E-state index contributed by atoms with van der Waals surface area (Å²) in [6.07, 6.45) is 0.253. The molecule has 0 unspecified atom stereocenters. The second kappa shape index (κ2) is 14.2. The van der Waals surface area contributed by atoms with Gasteiger partial charge in [0.25, 0.3) is 5.91 Å². The van der Waals surface area contributed by atoms with E-state index < -0.39 is 22.2 Å². The lowest BCUT2D eigenvalue weighted by Crippen LogP contribution is -2.64. The summed E-state index contributed by atoms with van der Waals surface area (Å²) in [6.45, 7) is 16.0. The van der Waals surface area contributed by atoms with Crippen molar-refractivity contribution in [2.75, 3.05) is 40.3 Å². The average molecular weight is 715 g/mol. The summed E-state index contributed by atoms with van der Waals surface area (Å²) < 4.78 is 72.1. The number of rotatable bonds is 8. The van der Waals surface area contributed by atoms with Crippen molar-refractivity contribution >= 4 is 21.9 Å². The summed E-state index contributed by atoms with van der Waals surface area (Å²) >= 11 is 0. The minimum atomic E-state index is -5.08. The molecular formula is C34H49F3N4O7S. The van der Waals surface area contributed by atoms with Gasteiger partial charge in [0.2, 0.25) is 10.0 Å². The van der Waals surface area contributed by atoms with Crippen LogP contribution in [0.3, 0.4) is 0 Å². The maximum atomic E-state index is 13.9. The highest BCUT2D eigenvalue weighted by atomic mass is 32.2. The minimum Gasteiger partial charge on any atom is -0.497 e. The molecule has 3 aliphatic rings. The van der Waals surface area contributed by atoms with Gasteiger partial charge in [-0.3, -0.25) is 14.6 Å². The number of amides is 1. The Bertz CT molecular complexity index is 1590. The molecule has 2 aliphatic heterocycles. The first kappa shape index (κ1) is 38.7. The van der Waals surface area contributed by atoms with Gasteiger partial charge in [-0.15, -0.1) is 0 Å². The molecular weight excluding hydrogens is 665 g/mol. The predicted molar refractivity (Wildman–Crippen MR) is 177 cm³/mol. The molecule has 1 amide bonds. The summed E-state index contributed by atoms with van der Waals surface area (Å²) in [7, 11) is 0.0265. The van der Waals surface area contributed by atoms with Crippen LogP contribution in [0.15, 0.2) is 33.8 Å². The normalized spacial score (nSPS) is 20.5. The maximum Gasteiger partial charge on any atom is 0.490 e. The number of aryl methyl sites for hydroxylation is 2. The Kier molecular flexibility index (Phi) is 11.2. The van der Waals surface area contributed by atoms with Crippen molar-refractivity contribution in [2.24, 2.45) is 0 Å². The molecule has 1 saturated carbocycles. The largest absolute Gasteiger partial charge is 0.497 e. The van der Waals surface area contributed by atoms with Crippen molar-refractivity contribution in [3.8, 4) is 5.75 Å². The van der Waals surface area contributed by atoms with Crippen LogP contribution in [0, 0.1) is 13.8 Å². The second-order valence-corrected chi connectivity index (χ2v) is 16.4. The number of benzene rings is 1. The standard InChI is InChI=1S/C32H48N4O5S.C2HF3O2/c1-22-15-27(40-8)16-23(2)29(22)42(38,39)36(25-9-10-25)20-28-17-24(21-41-28)30(37)35-13-11-34(12-14-35)26-18-31(3,4)33(7)32(5,6)19-26;3-2(4,5)1(6)7/h15-17,21,25-26H,9-14,18-20H2,1-8H3;(H,6,7). The molecule has 0 radical (unpaired) electrons. The monoisotopic (exact) mass is 714 g/mol. The smallest absolute Gasteiger partial charge is 0.490 e. The van der Waals surface area contributed by atoms with Crippen molar-refractivity contribution in [1.82, 2.24) is 19.0 Å². The predicted octanol–water partition coefficient (Wildman–Crippen LogP) is 5.30. The number of alkyl halides is 3. The van der Waals surface area contributed by atoms with Crippen LogP contribution in [0.2, 0.25) is 0 Å². The van der Waals surface area contributed by atoms with E-state index in [4.69, 9.17) is 19.1 Å². The van der Waals surface area contributed by atoms with Crippen LogP contribution in [0.5, 0.6) is 5.75 Å². The zero-order valence-electron chi connectivity index (χ0n) is 29.6. The molecule has 15 heteroatoms. The number of hydrogen-bond donors (Lipinski definition) is 1. The van der Waals surface area contributed by atoms with Gasteiger partial charge in [-0.1, -0.05) is 0 Å². The fourth-order valence-corrected chi connectivity index (χ4v) is 9.17. The highest BCUT2D eigenvalue weighted by molar-refractivity contribution is 7.89. The lowest BCUT2D eigenvalue weighted by Gasteiger charge is -2.56. The van der Waals surface area contributed by atoms with Crippen molar-refractivity contribution in [3.63, 3.8) is 0 Å². The number of halogens is 3. The number of furan rings is 1. The molecule has 274 valence electrons. The molecule has 5 rings (SSSR count). The van der Waals surface area contributed by atoms with Gasteiger partial charge in [-0.2, -0.15) is 17.5 Å². The van der Waals surface area contributed by atoms with E-state index in [1.54, 1.807) is 39.2 Å². The van der Waals surface area contributed by atoms with E-state index in [0.717, 1.165) is 38.8 Å². The number of piperidine rings is 1. The number of hydrogen-bond acceptors (Lipinski definition) is 8. The van der Waals surface area contributed by atoms with E-state index in [-0.39, 0.29) is 29.6 Å². The third kappa shape index (κ3) is 8.78. The van der Waals surface area contributed by atoms with Gasteiger partial charge in [0.1, 0.15) is 17.8 Å². The van der Waals surface area contributed by atoms with Gasteiger partial charge in [0.05, 0.1) is 24.1 Å². The summed E-state index contributed by atoms with van der Waals surface area (Å²) in [6, 6.07) is 5.65. The van der Waals surface area contributed by atoms with Crippen LogP contribution < -0.4 is 4.74 Å². The number of piperazine rings is 1. The molecule has 3 heterocycles. The van der Waals surface area contributed by atoms with Crippen LogP contribution in [0.1, 0.15) is 80.6 Å². The zero-order chi connectivity index (χ0) is 36.7. The number of ether oxygens (including phenoxy) is 1. The molecule has 1 aromatic heterocycles. The number of carboxylic acids is 1. The number of likely N-dealkylation sites (tertiary alicyclic amines) is 1. The zero-order valence-corrected chi connectivity index (χ0v) is 30.4. The Morgan fingerprint density at radius 3 is 1.96 bits per heavy atom. The summed E-state index contributed by atoms with van der Waals surface area (Å²) in [5.41, 5.74) is 2.03. The average Bonchev–Trinajstić information content (AvgIpc) is 3.73. The number of nitrogens with zero attached hydrogens (tertiary/aromatic N) is 4. The summed E-state index contributed by atoms with van der Waals surface area (Å²) in [5.74, 6) is -1.70. The Balaban J connectivity index is 0.000000698. The Hall–Kier alpha value is -3.14. The topological polar surface area (TPSA) is 124 Å². The fourth-order valence-electron chi connectivity index (χ4n) is 7.10. The van der Waals surface area contributed by atoms with Gasteiger partial charge in [-0.05, 0) is 104 Å². The molecule has 0 bridgehead atoms. The van der Waals surface area contributed by atoms with E-state index in [2.05, 4.69) is 44.5 Å². The number of carboxylic acid groups (broad SMARTS) is 1. The SMILES string of the molecule is COc1cc(C)c(S(=O)(=O)N(Cc2cc(C(=O)N3CCN(C4CC(C)(C)N(C)C(C)(C)C4)CC3)co2)C2CC2)c(C)c1.O=C(O)C(F)(F)F. The van der Waals surface area contributed by atoms with Gasteiger partial charge in [0, 0.05) is 49.3 Å². The molecule has 0 atom stereocenters. The maximum absolute atomic E-state index is 13.9. The first-order chi connectivity index (χ1) is 22.6. The molecule has 11 nitrogen and oxygen atoms in total. The van der Waals surface area contributed by atoms with Crippen molar-refractivity contribution in [1.29, 1.82) is 0 Å². The lowest BCUT2D eigenvalue weighted by molar-refractivity contribution is -0.192. The minimum absolute atomic E-state index is 0.0589. The molecule has 0 spiro atoms. The number of sulfonamides is 1. The van der Waals surface area contributed by atoms with E-state index >= 15 is 0 Å². The molecule has 1 aromatic carbocycles. The molecule has 2 aromatic rings. The third-order valence-electron chi connectivity index (χ3n) is 10.0. The molecule has 49 heavy (non-hydrogen) atoms. The van der Waals surface area contributed by atoms with Crippen LogP contribution in [-0.2, 0) is 21.4 Å². The number of carbonyl (C=O) groups is 2. The van der Waals surface area contributed by atoms with E-state index in [1.807, 2.05) is 4.90 Å². The molecule has 2 saturated heterocycles.